The van der Waals surface area contributed by atoms with Gasteiger partial charge in [-0.25, -0.2) is 0 Å². The Morgan fingerprint density at radius 1 is 1.55 bits per heavy atom. The van der Waals surface area contributed by atoms with E-state index in [4.69, 9.17) is 4.74 Å². The number of likely N-dealkylation sites (N-methyl/N-ethyl adjacent to an activating group) is 1. The van der Waals surface area contributed by atoms with Crippen molar-refractivity contribution in [1.82, 2.24) is 15.1 Å². The first-order chi connectivity index (χ1) is 10.4. The standard InChI is InChI=1S/C16H31N3O2S/c1-13(2)15(20)18(4)9-14-10-19(7-8-21-14)6-5-17-11-16(3)12-22-16/h13-14,17H,5-12H2,1-4H3/t14-,16?/m1/s1. The lowest BCUT2D eigenvalue weighted by Gasteiger charge is -2.35. The molecule has 2 aliphatic heterocycles. The van der Waals surface area contributed by atoms with Crippen molar-refractivity contribution >= 4 is 17.7 Å². The van der Waals surface area contributed by atoms with Crippen molar-refractivity contribution in [3.05, 3.63) is 0 Å². The van der Waals surface area contributed by atoms with Crippen LogP contribution in [0.3, 0.4) is 0 Å². The molecule has 22 heavy (non-hydrogen) atoms. The fraction of sp³-hybridized carbons (Fsp3) is 0.938. The second-order valence-corrected chi connectivity index (χ2v) is 8.65. The van der Waals surface area contributed by atoms with E-state index in [9.17, 15) is 4.79 Å². The molecule has 1 N–H and O–H groups in total. The summed E-state index contributed by atoms with van der Waals surface area (Å²) in [6.07, 6.45) is 0.137. The second-order valence-electron chi connectivity index (χ2n) is 7.08. The molecule has 0 aromatic carbocycles. The highest BCUT2D eigenvalue weighted by molar-refractivity contribution is 8.07. The van der Waals surface area contributed by atoms with Crippen LogP contribution in [0.4, 0.5) is 0 Å². The van der Waals surface area contributed by atoms with Gasteiger partial charge >= 0.3 is 0 Å². The first-order valence-corrected chi connectivity index (χ1v) is 9.32. The summed E-state index contributed by atoms with van der Waals surface area (Å²) in [5, 5.41) is 3.56. The van der Waals surface area contributed by atoms with Gasteiger partial charge in [0.15, 0.2) is 0 Å². The van der Waals surface area contributed by atoms with Gasteiger partial charge in [-0.05, 0) is 6.92 Å². The molecule has 6 heteroatoms. The maximum atomic E-state index is 12.0. The van der Waals surface area contributed by atoms with Crippen LogP contribution in [-0.4, -0.2) is 85.2 Å². The van der Waals surface area contributed by atoms with Gasteiger partial charge in [-0.3, -0.25) is 9.69 Å². The number of carbonyl (C=O) groups is 1. The molecule has 2 fully saturated rings. The number of hydrogen-bond donors (Lipinski definition) is 1. The van der Waals surface area contributed by atoms with Crippen LogP contribution in [0.1, 0.15) is 20.8 Å². The van der Waals surface area contributed by atoms with Gasteiger partial charge in [0.05, 0.1) is 12.7 Å². The maximum Gasteiger partial charge on any atom is 0.224 e. The highest BCUT2D eigenvalue weighted by Crippen LogP contribution is 2.43. The zero-order valence-corrected chi connectivity index (χ0v) is 15.2. The quantitative estimate of drug-likeness (QED) is 0.529. The predicted molar refractivity (Wildman–Crippen MR) is 92.4 cm³/mol. The molecule has 2 heterocycles. The normalized spacial score (nSPS) is 28.9. The van der Waals surface area contributed by atoms with Crippen LogP contribution in [0, 0.1) is 5.92 Å². The fourth-order valence-corrected chi connectivity index (χ4v) is 3.30. The average Bonchev–Trinajstić information content (AvgIpc) is 3.21. The number of thioether (sulfide) groups is 1. The van der Waals surface area contributed by atoms with Crippen LogP contribution in [0.15, 0.2) is 0 Å². The lowest BCUT2D eigenvalue weighted by molar-refractivity contribution is -0.136. The van der Waals surface area contributed by atoms with Crippen molar-refractivity contribution in [3.63, 3.8) is 0 Å². The number of nitrogens with one attached hydrogen (secondary N) is 1. The summed E-state index contributed by atoms with van der Waals surface area (Å²) < 4.78 is 6.31. The molecule has 0 saturated carbocycles. The summed E-state index contributed by atoms with van der Waals surface area (Å²) in [6.45, 7) is 12.8. The molecular formula is C16H31N3O2S. The third kappa shape index (κ3) is 5.72. The molecule has 0 aromatic heterocycles. The summed E-state index contributed by atoms with van der Waals surface area (Å²) in [5.74, 6) is 1.53. The first-order valence-electron chi connectivity index (χ1n) is 8.33. The first kappa shape index (κ1) is 18.0. The molecule has 0 radical (unpaired) electrons. The highest BCUT2D eigenvalue weighted by Gasteiger charge is 2.37. The average molecular weight is 330 g/mol. The Hall–Kier alpha value is -0.300. The monoisotopic (exact) mass is 329 g/mol. The molecular weight excluding hydrogens is 298 g/mol. The lowest BCUT2D eigenvalue weighted by atomic mass is 10.2. The van der Waals surface area contributed by atoms with E-state index in [0.717, 1.165) is 39.3 Å². The van der Waals surface area contributed by atoms with E-state index >= 15 is 0 Å². The van der Waals surface area contributed by atoms with Gasteiger partial charge in [-0.1, -0.05) is 13.8 Å². The summed E-state index contributed by atoms with van der Waals surface area (Å²) in [5.41, 5.74) is 0. The number of hydrogen-bond acceptors (Lipinski definition) is 5. The Bertz CT molecular complexity index is 374. The number of morpholine rings is 1. The number of rotatable bonds is 8. The molecule has 0 aliphatic carbocycles. The molecule has 1 amide bonds. The van der Waals surface area contributed by atoms with E-state index in [-0.39, 0.29) is 17.9 Å². The third-order valence-corrected chi connectivity index (χ3v) is 5.73. The van der Waals surface area contributed by atoms with Gasteiger partial charge in [-0.15, -0.1) is 0 Å². The van der Waals surface area contributed by atoms with Gasteiger partial charge in [0, 0.05) is 62.7 Å². The molecule has 2 saturated heterocycles. The van der Waals surface area contributed by atoms with E-state index in [0.29, 0.717) is 11.3 Å². The minimum atomic E-state index is 0.0514. The summed E-state index contributed by atoms with van der Waals surface area (Å²) >= 11 is 2.04. The van der Waals surface area contributed by atoms with Gasteiger partial charge in [0.2, 0.25) is 5.91 Å². The molecule has 0 aromatic rings. The Balaban J connectivity index is 1.64. The zero-order valence-electron chi connectivity index (χ0n) is 14.4. The zero-order chi connectivity index (χ0) is 16.2. The van der Waals surface area contributed by atoms with Crippen LogP contribution in [0.25, 0.3) is 0 Å². The molecule has 2 aliphatic rings. The smallest absolute Gasteiger partial charge is 0.224 e. The SMILES string of the molecule is CC(C)C(=O)N(C)C[C@@H]1CN(CCNCC2(C)CS2)CCO1. The predicted octanol–water partition coefficient (Wildman–Crippen LogP) is 0.897. The van der Waals surface area contributed by atoms with E-state index in [1.807, 2.05) is 37.6 Å². The van der Waals surface area contributed by atoms with Gasteiger partial charge in [-0.2, -0.15) is 11.8 Å². The Kier molecular flexibility index (Phi) is 6.56. The Labute approximate surface area is 139 Å². The van der Waals surface area contributed by atoms with Crippen LogP contribution in [0.5, 0.6) is 0 Å². The molecule has 2 atom stereocenters. The molecule has 0 spiro atoms. The van der Waals surface area contributed by atoms with Crippen molar-refractivity contribution in [1.29, 1.82) is 0 Å². The summed E-state index contributed by atoms with van der Waals surface area (Å²) in [4.78, 5) is 16.2. The minimum Gasteiger partial charge on any atom is -0.374 e. The van der Waals surface area contributed by atoms with Crippen molar-refractivity contribution < 1.29 is 9.53 Å². The molecule has 1 unspecified atom stereocenters. The van der Waals surface area contributed by atoms with Crippen LogP contribution >= 0.6 is 11.8 Å². The van der Waals surface area contributed by atoms with E-state index in [1.54, 1.807) is 0 Å². The highest BCUT2D eigenvalue weighted by atomic mass is 32.2. The van der Waals surface area contributed by atoms with Crippen LogP contribution < -0.4 is 5.32 Å². The van der Waals surface area contributed by atoms with Crippen molar-refractivity contribution in [2.24, 2.45) is 5.92 Å². The van der Waals surface area contributed by atoms with E-state index in [2.05, 4.69) is 17.1 Å². The number of carbonyl (C=O) groups excluding carboxylic acids is 1. The summed E-state index contributed by atoms with van der Waals surface area (Å²) in [6, 6.07) is 0. The van der Waals surface area contributed by atoms with E-state index in [1.165, 1.54) is 5.75 Å². The van der Waals surface area contributed by atoms with Crippen molar-refractivity contribution in [2.75, 3.05) is 58.7 Å². The number of amides is 1. The third-order valence-electron chi connectivity index (χ3n) is 4.31. The Morgan fingerprint density at radius 2 is 2.27 bits per heavy atom. The van der Waals surface area contributed by atoms with E-state index < -0.39 is 0 Å². The molecule has 128 valence electrons. The fourth-order valence-electron chi connectivity index (χ4n) is 2.75. The maximum absolute atomic E-state index is 12.0. The van der Waals surface area contributed by atoms with Crippen molar-refractivity contribution in [3.8, 4) is 0 Å². The minimum absolute atomic E-state index is 0.0514. The molecule has 5 nitrogen and oxygen atoms in total. The second kappa shape index (κ2) is 7.99. The van der Waals surface area contributed by atoms with Gasteiger partial charge in [0.25, 0.3) is 0 Å². The van der Waals surface area contributed by atoms with Crippen molar-refractivity contribution in [2.45, 2.75) is 31.6 Å². The number of nitrogens with zero attached hydrogens (tertiary/aromatic N) is 2. The lowest BCUT2D eigenvalue weighted by Crippen LogP contribution is -2.50. The Morgan fingerprint density at radius 3 is 2.91 bits per heavy atom. The largest absolute Gasteiger partial charge is 0.374 e. The molecule has 2 rings (SSSR count). The molecule has 0 bridgehead atoms. The number of ether oxygens (including phenoxy) is 1. The van der Waals surface area contributed by atoms with Gasteiger partial charge < -0.3 is 15.0 Å². The topological polar surface area (TPSA) is 44.8 Å². The van der Waals surface area contributed by atoms with Crippen LogP contribution in [-0.2, 0) is 9.53 Å². The summed E-state index contributed by atoms with van der Waals surface area (Å²) in [7, 11) is 1.88. The van der Waals surface area contributed by atoms with Crippen LogP contribution in [0.2, 0.25) is 0 Å². The van der Waals surface area contributed by atoms with Gasteiger partial charge in [0.1, 0.15) is 0 Å².